The van der Waals surface area contributed by atoms with E-state index in [1.807, 2.05) is 35.7 Å². The predicted octanol–water partition coefficient (Wildman–Crippen LogP) is 6.15. The van der Waals surface area contributed by atoms with E-state index in [9.17, 15) is 4.79 Å². The second-order valence-corrected chi connectivity index (χ2v) is 8.81. The number of allylic oxidation sites excluding steroid dienone is 1. The highest BCUT2D eigenvalue weighted by atomic mass is 79.9. The number of benzene rings is 1. The van der Waals surface area contributed by atoms with Crippen LogP contribution in [0.15, 0.2) is 53.4 Å². The molecular formula is C18H16Br2OS. The lowest BCUT2D eigenvalue weighted by molar-refractivity contribution is -0.118. The number of hydrogen-bond donors (Lipinski definition) is 0. The molecule has 0 aliphatic heterocycles. The fourth-order valence-corrected chi connectivity index (χ4v) is 5.06. The standard InChI is InChI=1S/C18H16Br2OS/c19-16(13-6-2-1-3-7-13)18(20)10-4-8-14(17(18)21)12-15-9-5-11-22-15/h1-3,5-7,9,11-12,16H,4,8,10H2. The van der Waals surface area contributed by atoms with Crippen LogP contribution in [0.2, 0.25) is 0 Å². The minimum absolute atomic E-state index is 0.0271. The number of hydrogen-bond acceptors (Lipinski definition) is 2. The maximum absolute atomic E-state index is 13.0. The molecular weight excluding hydrogens is 424 g/mol. The van der Waals surface area contributed by atoms with Gasteiger partial charge in [-0.3, -0.25) is 4.79 Å². The lowest BCUT2D eigenvalue weighted by Crippen LogP contribution is -2.40. The number of halogens is 2. The van der Waals surface area contributed by atoms with E-state index in [1.54, 1.807) is 11.3 Å². The number of alkyl halides is 2. The largest absolute Gasteiger partial charge is 0.293 e. The Kier molecular flexibility index (Phi) is 5.00. The van der Waals surface area contributed by atoms with Gasteiger partial charge in [0.1, 0.15) is 4.32 Å². The van der Waals surface area contributed by atoms with E-state index in [0.717, 1.165) is 35.3 Å². The van der Waals surface area contributed by atoms with Crippen LogP contribution in [0.25, 0.3) is 6.08 Å². The third kappa shape index (κ3) is 3.15. The molecule has 1 aliphatic carbocycles. The van der Waals surface area contributed by atoms with Crippen LogP contribution in [0.4, 0.5) is 0 Å². The zero-order chi connectivity index (χ0) is 15.6. The number of thiophene rings is 1. The highest BCUT2D eigenvalue weighted by molar-refractivity contribution is 9.12. The van der Waals surface area contributed by atoms with Gasteiger partial charge >= 0.3 is 0 Å². The fourth-order valence-electron chi connectivity index (χ4n) is 2.84. The van der Waals surface area contributed by atoms with Gasteiger partial charge in [-0.1, -0.05) is 68.3 Å². The minimum atomic E-state index is -0.560. The summed E-state index contributed by atoms with van der Waals surface area (Å²) >= 11 is 9.20. The van der Waals surface area contributed by atoms with Crippen molar-refractivity contribution in [3.63, 3.8) is 0 Å². The fraction of sp³-hybridized carbons (Fsp3) is 0.278. The summed E-state index contributed by atoms with van der Waals surface area (Å²) in [4.78, 5) is 14.2. The van der Waals surface area contributed by atoms with E-state index in [0.29, 0.717) is 0 Å². The van der Waals surface area contributed by atoms with Crippen molar-refractivity contribution in [1.29, 1.82) is 0 Å². The van der Waals surface area contributed by atoms with Crippen molar-refractivity contribution in [2.75, 3.05) is 0 Å². The van der Waals surface area contributed by atoms with Crippen molar-refractivity contribution < 1.29 is 4.79 Å². The van der Waals surface area contributed by atoms with Crippen molar-refractivity contribution in [2.24, 2.45) is 0 Å². The van der Waals surface area contributed by atoms with Gasteiger partial charge in [0.15, 0.2) is 5.78 Å². The summed E-state index contributed by atoms with van der Waals surface area (Å²) in [5.41, 5.74) is 2.05. The molecule has 1 fully saturated rings. The van der Waals surface area contributed by atoms with Gasteiger partial charge < -0.3 is 0 Å². The Morgan fingerprint density at radius 3 is 2.64 bits per heavy atom. The zero-order valence-electron chi connectivity index (χ0n) is 12.0. The smallest absolute Gasteiger partial charge is 0.177 e. The molecule has 2 atom stereocenters. The molecule has 1 aliphatic rings. The van der Waals surface area contributed by atoms with Crippen molar-refractivity contribution in [3.8, 4) is 0 Å². The molecule has 1 nitrogen and oxygen atoms in total. The Morgan fingerprint density at radius 2 is 1.95 bits per heavy atom. The highest BCUT2D eigenvalue weighted by Gasteiger charge is 2.45. The molecule has 0 bridgehead atoms. The van der Waals surface area contributed by atoms with Gasteiger partial charge in [-0.05, 0) is 47.9 Å². The molecule has 0 N–H and O–H groups in total. The van der Waals surface area contributed by atoms with Crippen LogP contribution in [-0.2, 0) is 4.79 Å². The maximum atomic E-state index is 13.0. The van der Waals surface area contributed by atoms with Crippen LogP contribution in [-0.4, -0.2) is 10.1 Å². The topological polar surface area (TPSA) is 17.1 Å². The number of ketones is 1. The minimum Gasteiger partial charge on any atom is -0.293 e. The molecule has 2 unspecified atom stereocenters. The lowest BCUT2D eigenvalue weighted by atomic mass is 9.80. The quantitative estimate of drug-likeness (QED) is 0.413. The summed E-state index contributed by atoms with van der Waals surface area (Å²) in [6.45, 7) is 0. The molecule has 1 aromatic carbocycles. The molecule has 0 radical (unpaired) electrons. The third-order valence-electron chi connectivity index (χ3n) is 4.01. The van der Waals surface area contributed by atoms with Crippen LogP contribution >= 0.6 is 43.2 Å². The summed E-state index contributed by atoms with van der Waals surface area (Å²) in [7, 11) is 0. The average Bonchev–Trinajstić information content (AvgIpc) is 3.05. The summed E-state index contributed by atoms with van der Waals surface area (Å²) in [6.07, 6.45) is 4.77. The second-order valence-electron chi connectivity index (χ2n) is 5.50. The van der Waals surface area contributed by atoms with Crippen LogP contribution in [0.1, 0.15) is 34.5 Å². The van der Waals surface area contributed by atoms with Crippen molar-refractivity contribution in [1.82, 2.24) is 0 Å². The molecule has 0 spiro atoms. The van der Waals surface area contributed by atoms with Crippen LogP contribution in [0.3, 0.4) is 0 Å². The Balaban J connectivity index is 1.91. The van der Waals surface area contributed by atoms with Crippen LogP contribution in [0, 0.1) is 0 Å². The van der Waals surface area contributed by atoms with Gasteiger partial charge in [-0.2, -0.15) is 0 Å². The highest BCUT2D eigenvalue weighted by Crippen LogP contribution is 2.49. The van der Waals surface area contributed by atoms with E-state index in [-0.39, 0.29) is 10.6 Å². The molecule has 0 saturated heterocycles. The van der Waals surface area contributed by atoms with E-state index in [2.05, 4.69) is 50.1 Å². The van der Waals surface area contributed by atoms with Gasteiger partial charge in [0.2, 0.25) is 0 Å². The molecule has 3 rings (SSSR count). The molecule has 2 aromatic rings. The van der Waals surface area contributed by atoms with Gasteiger partial charge in [-0.15, -0.1) is 11.3 Å². The average molecular weight is 440 g/mol. The zero-order valence-corrected chi connectivity index (χ0v) is 16.0. The van der Waals surface area contributed by atoms with E-state index in [1.165, 1.54) is 0 Å². The Morgan fingerprint density at radius 1 is 1.18 bits per heavy atom. The van der Waals surface area contributed by atoms with Crippen LogP contribution in [0.5, 0.6) is 0 Å². The summed E-state index contributed by atoms with van der Waals surface area (Å²) in [5.74, 6) is 0.206. The SMILES string of the molecule is O=C1C(=Cc2cccs2)CCCC1(Br)C(Br)c1ccccc1. The predicted molar refractivity (Wildman–Crippen MR) is 101 cm³/mol. The van der Waals surface area contributed by atoms with Crippen LogP contribution < -0.4 is 0 Å². The summed E-state index contributed by atoms with van der Waals surface area (Å²) in [6, 6.07) is 14.2. The first kappa shape index (κ1) is 16.2. The number of carbonyl (C=O) groups excluding carboxylic acids is 1. The maximum Gasteiger partial charge on any atom is 0.177 e. The normalized spacial score (nSPS) is 25.4. The molecule has 0 amide bonds. The first-order valence-electron chi connectivity index (χ1n) is 7.28. The van der Waals surface area contributed by atoms with E-state index in [4.69, 9.17) is 0 Å². The van der Waals surface area contributed by atoms with E-state index < -0.39 is 4.32 Å². The van der Waals surface area contributed by atoms with E-state index >= 15 is 0 Å². The molecule has 1 saturated carbocycles. The molecule has 1 aromatic heterocycles. The molecule has 22 heavy (non-hydrogen) atoms. The first-order valence-corrected chi connectivity index (χ1v) is 9.87. The second kappa shape index (κ2) is 6.81. The van der Waals surface area contributed by atoms with Crippen molar-refractivity contribution in [2.45, 2.75) is 28.4 Å². The third-order valence-corrected chi connectivity index (χ3v) is 7.97. The number of Topliss-reactive ketones (excluding diaryl/α,β-unsaturated/α-hetero) is 1. The first-order chi connectivity index (χ1) is 10.6. The summed E-state index contributed by atoms with van der Waals surface area (Å²) in [5, 5.41) is 2.04. The van der Waals surface area contributed by atoms with Gasteiger partial charge in [0.25, 0.3) is 0 Å². The van der Waals surface area contributed by atoms with Gasteiger partial charge in [0, 0.05) is 4.88 Å². The van der Waals surface area contributed by atoms with Gasteiger partial charge in [0.05, 0.1) is 4.83 Å². The Hall–Kier alpha value is -0.710. The monoisotopic (exact) mass is 438 g/mol. The molecule has 1 heterocycles. The van der Waals surface area contributed by atoms with Crippen molar-refractivity contribution in [3.05, 3.63) is 63.9 Å². The Labute approximate surface area is 151 Å². The van der Waals surface area contributed by atoms with Crippen molar-refractivity contribution >= 4 is 55.1 Å². The lowest BCUT2D eigenvalue weighted by Gasteiger charge is -2.35. The molecule has 114 valence electrons. The molecule has 4 heteroatoms. The Bertz CT molecular complexity index is 678. The number of carbonyl (C=O) groups is 1. The van der Waals surface area contributed by atoms with Gasteiger partial charge in [-0.25, -0.2) is 0 Å². The summed E-state index contributed by atoms with van der Waals surface area (Å²) < 4.78 is -0.560. The number of rotatable bonds is 3.